The van der Waals surface area contributed by atoms with Crippen LogP contribution < -0.4 is 11.3 Å². The van der Waals surface area contributed by atoms with Crippen molar-refractivity contribution in [3.05, 3.63) is 12.7 Å². The fourth-order valence-corrected chi connectivity index (χ4v) is 1.40. The fourth-order valence-electron chi connectivity index (χ4n) is 0.510. The molecule has 0 saturated carbocycles. The van der Waals surface area contributed by atoms with E-state index in [9.17, 15) is 8.42 Å². The van der Waals surface area contributed by atoms with E-state index in [1.807, 2.05) is 0 Å². The minimum absolute atomic E-state index is 0.00694. The summed E-state index contributed by atoms with van der Waals surface area (Å²) in [7, 11) is -2.96. The van der Waals surface area contributed by atoms with Crippen molar-refractivity contribution in [2.75, 3.05) is 12.0 Å². The van der Waals surface area contributed by atoms with Crippen molar-refractivity contribution in [2.24, 2.45) is 5.84 Å². The zero-order valence-electron chi connectivity index (χ0n) is 5.87. The lowest BCUT2D eigenvalue weighted by atomic mass is 10.4. The molecule has 0 rings (SSSR count). The molecule has 0 aliphatic rings. The molecule has 0 aromatic heterocycles. The number of nitrogens with one attached hydrogen (secondary N) is 1. The normalized spacial score (nSPS) is 14.6. The molecule has 0 amide bonds. The van der Waals surface area contributed by atoms with Crippen molar-refractivity contribution in [3.63, 3.8) is 0 Å². The minimum atomic E-state index is -2.96. The molecular weight excluding hydrogens is 152 g/mol. The molecule has 5 heteroatoms. The van der Waals surface area contributed by atoms with E-state index >= 15 is 0 Å². The number of sulfone groups is 1. The topological polar surface area (TPSA) is 72.2 Å². The van der Waals surface area contributed by atoms with Gasteiger partial charge in [0, 0.05) is 6.26 Å². The molecule has 1 unspecified atom stereocenters. The summed E-state index contributed by atoms with van der Waals surface area (Å²) in [5.41, 5.74) is 2.31. The van der Waals surface area contributed by atoms with Crippen LogP contribution in [-0.2, 0) is 9.84 Å². The standard InChI is InChI=1S/C5H12N2O2S/c1-3-5(7-6)4-10(2,8)9/h3,5,7H,1,4,6H2,2H3. The Labute approximate surface area is 61.0 Å². The van der Waals surface area contributed by atoms with Gasteiger partial charge in [0.1, 0.15) is 9.84 Å². The highest BCUT2D eigenvalue weighted by atomic mass is 32.2. The average molecular weight is 164 g/mol. The smallest absolute Gasteiger partial charge is 0.149 e. The zero-order valence-corrected chi connectivity index (χ0v) is 6.69. The lowest BCUT2D eigenvalue weighted by Crippen LogP contribution is -2.38. The van der Waals surface area contributed by atoms with E-state index < -0.39 is 9.84 Å². The summed E-state index contributed by atoms with van der Waals surface area (Å²) in [6, 6.07) is -0.352. The highest BCUT2D eigenvalue weighted by Crippen LogP contribution is 1.89. The number of rotatable bonds is 4. The van der Waals surface area contributed by atoms with E-state index in [2.05, 4.69) is 12.0 Å². The van der Waals surface area contributed by atoms with Gasteiger partial charge in [0.05, 0.1) is 11.8 Å². The van der Waals surface area contributed by atoms with Crippen LogP contribution in [0.5, 0.6) is 0 Å². The number of hydrogen-bond acceptors (Lipinski definition) is 4. The highest BCUT2D eigenvalue weighted by Gasteiger charge is 2.08. The van der Waals surface area contributed by atoms with Gasteiger partial charge in [0.2, 0.25) is 0 Å². The first kappa shape index (κ1) is 9.61. The van der Waals surface area contributed by atoms with E-state index in [1.165, 1.54) is 6.08 Å². The maximum atomic E-state index is 10.6. The Hall–Kier alpha value is -0.390. The van der Waals surface area contributed by atoms with Crippen LogP contribution in [0.3, 0.4) is 0 Å². The predicted octanol–water partition coefficient (Wildman–Crippen LogP) is -0.951. The Balaban J connectivity index is 4.00. The van der Waals surface area contributed by atoms with Gasteiger partial charge >= 0.3 is 0 Å². The molecule has 0 heterocycles. The second-order valence-electron chi connectivity index (χ2n) is 2.10. The van der Waals surface area contributed by atoms with Crippen LogP contribution in [0, 0.1) is 0 Å². The summed E-state index contributed by atoms with van der Waals surface area (Å²) in [5, 5.41) is 0. The van der Waals surface area contributed by atoms with Gasteiger partial charge in [-0.2, -0.15) is 0 Å². The van der Waals surface area contributed by atoms with Crippen LogP contribution in [0.4, 0.5) is 0 Å². The Morgan fingerprint density at radius 1 is 1.80 bits per heavy atom. The van der Waals surface area contributed by atoms with Crippen LogP contribution in [0.1, 0.15) is 0 Å². The molecule has 0 aromatic rings. The summed E-state index contributed by atoms with van der Waals surface area (Å²) in [6.45, 7) is 3.41. The average Bonchev–Trinajstić information content (AvgIpc) is 1.81. The molecule has 0 radical (unpaired) electrons. The molecule has 0 aliphatic heterocycles. The summed E-state index contributed by atoms with van der Waals surface area (Å²) in [5.74, 6) is 5.00. The molecule has 3 N–H and O–H groups in total. The molecule has 0 aliphatic carbocycles. The van der Waals surface area contributed by atoms with Gasteiger partial charge in [-0.1, -0.05) is 6.08 Å². The summed E-state index contributed by atoms with van der Waals surface area (Å²) in [6.07, 6.45) is 2.61. The molecule has 1 atom stereocenters. The van der Waals surface area contributed by atoms with E-state index in [1.54, 1.807) is 0 Å². The monoisotopic (exact) mass is 164 g/mol. The fraction of sp³-hybridized carbons (Fsp3) is 0.600. The first-order chi connectivity index (χ1) is 4.49. The van der Waals surface area contributed by atoms with Crippen molar-refractivity contribution in [1.82, 2.24) is 5.43 Å². The van der Waals surface area contributed by atoms with Gasteiger partial charge in [-0.15, -0.1) is 6.58 Å². The van der Waals surface area contributed by atoms with Crippen molar-refractivity contribution in [3.8, 4) is 0 Å². The quantitative estimate of drug-likeness (QED) is 0.319. The second-order valence-corrected chi connectivity index (χ2v) is 4.29. The van der Waals surface area contributed by atoms with Crippen LogP contribution in [0.25, 0.3) is 0 Å². The number of nitrogens with two attached hydrogens (primary N) is 1. The van der Waals surface area contributed by atoms with Gasteiger partial charge in [-0.3, -0.25) is 11.3 Å². The minimum Gasteiger partial charge on any atom is -0.271 e. The molecule has 0 saturated heterocycles. The lowest BCUT2D eigenvalue weighted by Gasteiger charge is -2.07. The SMILES string of the molecule is C=CC(CS(C)(=O)=O)NN. The van der Waals surface area contributed by atoms with Crippen molar-refractivity contribution in [1.29, 1.82) is 0 Å². The van der Waals surface area contributed by atoms with E-state index in [0.717, 1.165) is 6.26 Å². The van der Waals surface area contributed by atoms with Crippen LogP contribution in [0.2, 0.25) is 0 Å². The molecule has 0 aromatic carbocycles. The summed E-state index contributed by atoms with van der Waals surface area (Å²) < 4.78 is 21.2. The van der Waals surface area contributed by atoms with Gasteiger partial charge in [0.15, 0.2) is 0 Å². The number of hydrazine groups is 1. The van der Waals surface area contributed by atoms with Crippen LogP contribution in [0.15, 0.2) is 12.7 Å². The van der Waals surface area contributed by atoms with Crippen molar-refractivity contribution < 1.29 is 8.42 Å². The van der Waals surface area contributed by atoms with Gasteiger partial charge < -0.3 is 0 Å². The first-order valence-electron chi connectivity index (χ1n) is 2.76. The van der Waals surface area contributed by atoms with Crippen molar-refractivity contribution in [2.45, 2.75) is 6.04 Å². The summed E-state index contributed by atoms with van der Waals surface area (Å²) >= 11 is 0. The highest BCUT2D eigenvalue weighted by molar-refractivity contribution is 7.90. The Kier molecular flexibility index (Phi) is 3.55. The van der Waals surface area contributed by atoms with Crippen LogP contribution >= 0.6 is 0 Å². The Morgan fingerprint density at radius 2 is 2.30 bits per heavy atom. The van der Waals surface area contributed by atoms with E-state index in [0.29, 0.717) is 0 Å². The Bertz CT molecular complexity index is 198. The van der Waals surface area contributed by atoms with Gasteiger partial charge in [-0.25, -0.2) is 8.42 Å². The van der Waals surface area contributed by atoms with Crippen molar-refractivity contribution >= 4 is 9.84 Å². The zero-order chi connectivity index (χ0) is 8.20. The molecule has 0 spiro atoms. The molecule has 10 heavy (non-hydrogen) atoms. The third kappa shape index (κ3) is 4.49. The molecule has 0 fully saturated rings. The molecule has 60 valence electrons. The molecule has 0 bridgehead atoms. The predicted molar refractivity (Wildman–Crippen MR) is 41.0 cm³/mol. The van der Waals surface area contributed by atoms with E-state index in [4.69, 9.17) is 5.84 Å². The third-order valence-electron chi connectivity index (χ3n) is 0.981. The Morgan fingerprint density at radius 3 is 2.40 bits per heavy atom. The second kappa shape index (κ2) is 3.70. The lowest BCUT2D eigenvalue weighted by molar-refractivity contribution is 0.586. The largest absolute Gasteiger partial charge is 0.271 e. The van der Waals surface area contributed by atoms with E-state index in [-0.39, 0.29) is 11.8 Å². The molecular formula is C5H12N2O2S. The number of hydrogen-bond donors (Lipinski definition) is 2. The van der Waals surface area contributed by atoms with Gasteiger partial charge in [-0.05, 0) is 0 Å². The molecule has 4 nitrogen and oxygen atoms in total. The maximum absolute atomic E-state index is 10.6. The summed E-state index contributed by atoms with van der Waals surface area (Å²) in [4.78, 5) is 0. The van der Waals surface area contributed by atoms with Gasteiger partial charge in [0.25, 0.3) is 0 Å². The first-order valence-corrected chi connectivity index (χ1v) is 4.82. The van der Waals surface area contributed by atoms with Crippen LogP contribution in [-0.4, -0.2) is 26.5 Å². The maximum Gasteiger partial charge on any atom is 0.149 e. The third-order valence-corrected chi connectivity index (χ3v) is 1.95.